The maximum Gasteiger partial charge on any atom is 0.193 e. The van der Waals surface area contributed by atoms with Crippen molar-refractivity contribution in [2.75, 3.05) is 24.7 Å². The Labute approximate surface area is 184 Å². The monoisotopic (exact) mass is 517 g/mol. The molecule has 0 heterocycles. The molecule has 28 heavy (non-hydrogen) atoms. The second-order valence-corrected chi connectivity index (χ2v) is 8.16. The SMILES string of the molecule is CCc1cccc(CC)c1NC(N)=NCCOc1ccc(S(C)(=O)=O)cc1.I. The van der Waals surface area contributed by atoms with E-state index in [9.17, 15) is 8.42 Å². The third-order valence-corrected chi connectivity index (χ3v) is 5.27. The molecule has 0 unspecified atom stereocenters. The molecular weight excluding hydrogens is 489 g/mol. The zero-order chi connectivity index (χ0) is 19.9. The molecule has 8 heteroatoms. The van der Waals surface area contributed by atoms with Gasteiger partial charge in [-0.1, -0.05) is 32.0 Å². The maximum absolute atomic E-state index is 11.4. The first-order chi connectivity index (χ1) is 12.8. The van der Waals surface area contributed by atoms with Crippen molar-refractivity contribution in [3.8, 4) is 5.75 Å². The van der Waals surface area contributed by atoms with Gasteiger partial charge in [-0.2, -0.15) is 0 Å². The van der Waals surface area contributed by atoms with Crippen LogP contribution in [-0.2, 0) is 22.7 Å². The summed E-state index contributed by atoms with van der Waals surface area (Å²) in [5, 5.41) is 3.21. The number of nitrogens with one attached hydrogen (secondary N) is 1. The Hall–Kier alpha value is -1.81. The molecule has 0 saturated heterocycles. The van der Waals surface area contributed by atoms with E-state index in [2.05, 4.69) is 42.4 Å². The normalized spacial score (nSPS) is 11.6. The van der Waals surface area contributed by atoms with Crippen LogP contribution in [-0.4, -0.2) is 33.8 Å². The minimum atomic E-state index is -3.20. The zero-order valence-electron chi connectivity index (χ0n) is 16.4. The summed E-state index contributed by atoms with van der Waals surface area (Å²) in [6, 6.07) is 12.5. The van der Waals surface area contributed by atoms with Gasteiger partial charge in [0.15, 0.2) is 15.8 Å². The number of hydrogen-bond donors (Lipinski definition) is 2. The van der Waals surface area contributed by atoms with E-state index in [1.807, 2.05) is 0 Å². The van der Waals surface area contributed by atoms with Crippen LogP contribution in [0.5, 0.6) is 5.75 Å². The minimum Gasteiger partial charge on any atom is -0.492 e. The molecule has 0 amide bonds. The van der Waals surface area contributed by atoms with Gasteiger partial charge in [-0.05, 0) is 48.2 Å². The van der Waals surface area contributed by atoms with Gasteiger partial charge < -0.3 is 15.8 Å². The number of anilines is 1. The first-order valence-electron chi connectivity index (χ1n) is 8.95. The number of nitrogens with two attached hydrogens (primary N) is 1. The molecule has 154 valence electrons. The number of benzene rings is 2. The van der Waals surface area contributed by atoms with Gasteiger partial charge in [0.1, 0.15) is 12.4 Å². The number of ether oxygens (including phenoxy) is 1. The fraction of sp³-hybridized carbons (Fsp3) is 0.350. The van der Waals surface area contributed by atoms with Crippen molar-refractivity contribution in [2.45, 2.75) is 31.6 Å². The number of rotatable bonds is 8. The first-order valence-corrected chi connectivity index (χ1v) is 10.8. The Bertz CT molecular complexity index is 875. The maximum atomic E-state index is 11.4. The van der Waals surface area contributed by atoms with E-state index in [1.165, 1.54) is 29.5 Å². The van der Waals surface area contributed by atoms with Crippen LogP contribution >= 0.6 is 24.0 Å². The summed E-state index contributed by atoms with van der Waals surface area (Å²) >= 11 is 0. The van der Waals surface area contributed by atoms with E-state index in [0.717, 1.165) is 18.5 Å². The van der Waals surface area contributed by atoms with Gasteiger partial charge in [-0.25, -0.2) is 13.4 Å². The summed E-state index contributed by atoms with van der Waals surface area (Å²) in [6.07, 6.45) is 3.00. The highest BCUT2D eigenvalue weighted by atomic mass is 127. The molecule has 0 aliphatic heterocycles. The molecule has 0 bridgehead atoms. The number of sulfone groups is 1. The number of aliphatic imine (C=N–C) groups is 1. The molecule has 6 nitrogen and oxygen atoms in total. The lowest BCUT2D eigenvalue weighted by Crippen LogP contribution is -2.25. The van der Waals surface area contributed by atoms with E-state index >= 15 is 0 Å². The molecule has 0 aliphatic carbocycles. The number of halogens is 1. The molecule has 0 aliphatic rings. The smallest absolute Gasteiger partial charge is 0.193 e. The lowest BCUT2D eigenvalue weighted by molar-refractivity contribution is 0.328. The average molecular weight is 517 g/mol. The number of nitrogens with zero attached hydrogens (tertiary/aromatic N) is 1. The lowest BCUT2D eigenvalue weighted by atomic mass is 10.0. The quantitative estimate of drug-likeness (QED) is 0.242. The van der Waals surface area contributed by atoms with Gasteiger partial charge in [-0.15, -0.1) is 24.0 Å². The average Bonchev–Trinajstić information content (AvgIpc) is 2.65. The van der Waals surface area contributed by atoms with Crippen LogP contribution < -0.4 is 15.8 Å². The van der Waals surface area contributed by atoms with Gasteiger partial charge in [-0.3, -0.25) is 0 Å². The molecule has 0 spiro atoms. The predicted molar refractivity (Wildman–Crippen MR) is 126 cm³/mol. The summed E-state index contributed by atoms with van der Waals surface area (Å²) in [5.41, 5.74) is 9.45. The molecule has 0 fully saturated rings. The molecule has 2 rings (SSSR count). The van der Waals surface area contributed by atoms with E-state index in [4.69, 9.17) is 10.5 Å². The van der Waals surface area contributed by atoms with Crippen molar-refractivity contribution in [3.05, 3.63) is 53.6 Å². The molecule has 0 radical (unpaired) electrons. The second kappa shape index (κ2) is 11.3. The van der Waals surface area contributed by atoms with Crippen LogP contribution in [0.3, 0.4) is 0 Å². The highest BCUT2D eigenvalue weighted by Crippen LogP contribution is 2.22. The Morgan fingerprint density at radius 1 is 1.07 bits per heavy atom. The number of guanidine groups is 1. The highest BCUT2D eigenvalue weighted by Gasteiger charge is 2.08. The van der Waals surface area contributed by atoms with E-state index in [0.29, 0.717) is 24.9 Å². The van der Waals surface area contributed by atoms with Gasteiger partial charge in [0, 0.05) is 11.9 Å². The Morgan fingerprint density at radius 3 is 2.14 bits per heavy atom. The molecular formula is C20H28IN3O3S. The molecule has 0 atom stereocenters. The Balaban J connectivity index is 0.00000392. The summed E-state index contributed by atoms with van der Waals surface area (Å²) in [5.74, 6) is 0.940. The van der Waals surface area contributed by atoms with Crippen molar-refractivity contribution >= 4 is 45.5 Å². The van der Waals surface area contributed by atoms with Crippen LogP contribution in [0, 0.1) is 0 Å². The zero-order valence-corrected chi connectivity index (χ0v) is 19.6. The molecule has 0 aromatic heterocycles. The van der Waals surface area contributed by atoms with Crippen LogP contribution in [0.25, 0.3) is 0 Å². The van der Waals surface area contributed by atoms with E-state index in [1.54, 1.807) is 12.1 Å². The summed E-state index contributed by atoms with van der Waals surface area (Å²) in [4.78, 5) is 4.57. The van der Waals surface area contributed by atoms with E-state index < -0.39 is 9.84 Å². The van der Waals surface area contributed by atoms with Crippen molar-refractivity contribution < 1.29 is 13.2 Å². The number of para-hydroxylation sites is 1. The predicted octanol–water partition coefficient (Wildman–Crippen LogP) is 3.64. The van der Waals surface area contributed by atoms with Crippen molar-refractivity contribution in [1.82, 2.24) is 0 Å². The third-order valence-electron chi connectivity index (χ3n) is 4.15. The van der Waals surface area contributed by atoms with Crippen LogP contribution in [0.1, 0.15) is 25.0 Å². The number of aryl methyl sites for hydroxylation is 2. The van der Waals surface area contributed by atoms with Crippen molar-refractivity contribution in [1.29, 1.82) is 0 Å². The summed E-state index contributed by atoms with van der Waals surface area (Å²) in [6.45, 7) is 4.95. The largest absolute Gasteiger partial charge is 0.492 e. The van der Waals surface area contributed by atoms with Gasteiger partial charge >= 0.3 is 0 Å². The van der Waals surface area contributed by atoms with Crippen LogP contribution in [0.15, 0.2) is 52.4 Å². The molecule has 2 aromatic carbocycles. The second-order valence-electron chi connectivity index (χ2n) is 6.14. The minimum absolute atomic E-state index is 0. The summed E-state index contributed by atoms with van der Waals surface area (Å²) < 4.78 is 28.5. The third kappa shape index (κ3) is 6.97. The fourth-order valence-electron chi connectivity index (χ4n) is 2.68. The van der Waals surface area contributed by atoms with Crippen LogP contribution in [0.4, 0.5) is 5.69 Å². The standard InChI is InChI=1S/C20H27N3O3S.HI/c1-4-15-7-6-8-16(5-2)19(15)23-20(21)22-13-14-26-17-9-11-18(12-10-17)27(3,24)25;/h6-12H,4-5,13-14H2,1-3H3,(H3,21,22,23);1H. The van der Waals surface area contributed by atoms with Crippen molar-refractivity contribution in [3.63, 3.8) is 0 Å². The Morgan fingerprint density at radius 2 is 1.64 bits per heavy atom. The fourth-order valence-corrected chi connectivity index (χ4v) is 3.31. The Kier molecular flexibility index (Phi) is 9.74. The summed E-state index contributed by atoms with van der Waals surface area (Å²) in [7, 11) is -3.20. The molecule has 0 saturated carbocycles. The molecule has 3 N–H and O–H groups in total. The van der Waals surface area contributed by atoms with Gasteiger partial charge in [0.2, 0.25) is 0 Å². The van der Waals surface area contributed by atoms with E-state index in [-0.39, 0.29) is 28.9 Å². The topological polar surface area (TPSA) is 93.8 Å². The number of hydrogen-bond acceptors (Lipinski definition) is 4. The van der Waals surface area contributed by atoms with Gasteiger partial charge in [0.05, 0.1) is 11.4 Å². The first kappa shape index (κ1) is 24.2. The highest BCUT2D eigenvalue weighted by molar-refractivity contribution is 14.0. The lowest BCUT2D eigenvalue weighted by Gasteiger charge is -2.14. The van der Waals surface area contributed by atoms with Crippen LogP contribution in [0.2, 0.25) is 0 Å². The van der Waals surface area contributed by atoms with Crippen molar-refractivity contribution in [2.24, 2.45) is 10.7 Å². The molecule has 2 aromatic rings. The van der Waals surface area contributed by atoms with Gasteiger partial charge in [0.25, 0.3) is 0 Å².